The minimum Gasteiger partial charge on any atom is -0.389 e. The summed E-state index contributed by atoms with van der Waals surface area (Å²) in [5.74, 6) is 0.778. The number of hydrogen-bond donors (Lipinski definition) is 1. The van der Waals surface area contributed by atoms with Crippen LogP contribution in [0.1, 0.15) is 49.5 Å². The van der Waals surface area contributed by atoms with E-state index in [1.54, 1.807) is 13.1 Å². The van der Waals surface area contributed by atoms with Crippen LogP contribution >= 0.6 is 0 Å². The van der Waals surface area contributed by atoms with Crippen LogP contribution in [0, 0.1) is 6.92 Å². The molecule has 1 heterocycles. The number of rotatable bonds is 3. The van der Waals surface area contributed by atoms with Crippen LogP contribution in [0.15, 0.2) is 36.5 Å². The summed E-state index contributed by atoms with van der Waals surface area (Å²) in [4.78, 5) is 9.01. The molecule has 0 bridgehead atoms. The summed E-state index contributed by atoms with van der Waals surface area (Å²) in [6.07, 6.45) is 1.20. The highest BCUT2D eigenvalue weighted by molar-refractivity contribution is 5.32. The lowest BCUT2D eigenvalue weighted by Gasteiger charge is -2.24. The summed E-state index contributed by atoms with van der Waals surface area (Å²) in [5, 5.41) is 9.64. The minimum absolute atomic E-state index is 0.247. The number of aliphatic hydroxyl groups excluding tert-OH is 1. The molecule has 1 N–H and O–H groups in total. The third-order valence-corrected chi connectivity index (χ3v) is 3.52. The van der Waals surface area contributed by atoms with Gasteiger partial charge in [-0.1, -0.05) is 30.3 Å². The fraction of sp³-hybridized carbons (Fsp3) is 0.375. The largest absolute Gasteiger partial charge is 0.389 e. The van der Waals surface area contributed by atoms with Gasteiger partial charge >= 0.3 is 0 Å². The Bertz CT molecular complexity index is 562. The molecule has 0 saturated carbocycles. The molecule has 0 fully saturated rings. The van der Waals surface area contributed by atoms with E-state index in [-0.39, 0.29) is 5.41 Å². The molecular weight excluding hydrogens is 236 g/mol. The Kier molecular flexibility index (Phi) is 3.67. The van der Waals surface area contributed by atoms with Crippen LogP contribution in [0.5, 0.6) is 0 Å². The first-order chi connectivity index (χ1) is 8.93. The maximum absolute atomic E-state index is 9.64. The molecule has 0 saturated heterocycles. The zero-order valence-electron chi connectivity index (χ0n) is 11.9. The van der Waals surface area contributed by atoms with Gasteiger partial charge in [-0.25, -0.2) is 9.97 Å². The van der Waals surface area contributed by atoms with Crippen LogP contribution in [0.2, 0.25) is 0 Å². The van der Waals surface area contributed by atoms with E-state index in [1.807, 2.05) is 25.1 Å². The van der Waals surface area contributed by atoms with Crippen molar-refractivity contribution < 1.29 is 5.11 Å². The molecular formula is C16H20N2O. The predicted octanol–water partition coefficient (Wildman–Crippen LogP) is 3.16. The Morgan fingerprint density at radius 2 is 1.79 bits per heavy atom. The third-order valence-electron chi connectivity index (χ3n) is 3.52. The summed E-state index contributed by atoms with van der Waals surface area (Å²) in [6.45, 7) is 7.86. The molecule has 1 aromatic heterocycles. The van der Waals surface area contributed by atoms with Crippen LogP contribution in [0.3, 0.4) is 0 Å². The number of aromatic nitrogens is 2. The normalized spacial score (nSPS) is 13.3. The highest BCUT2D eigenvalue weighted by atomic mass is 16.3. The van der Waals surface area contributed by atoms with Crippen LogP contribution in [-0.2, 0) is 5.41 Å². The molecule has 0 spiro atoms. The van der Waals surface area contributed by atoms with Gasteiger partial charge in [0.05, 0.1) is 6.10 Å². The molecule has 1 aromatic carbocycles. The Hall–Kier alpha value is -1.74. The number of nitrogens with zero attached hydrogens (tertiary/aromatic N) is 2. The standard InChI is InChI=1S/C16H20N2O/c1-11-14(12(2)19)10-17-15(18-11)16(3,4)13-8-6-5-7-9-13/h5-10,12,19H,1-4H3. The van der Waals surface area contributed by atoms with Gasteiger partial charge in [-0.05, 0) is 33.3 Å². The minimum atomic E-state index is -0.533. The van der Waals surface area contributed by atoms with Crippen molar-refractivity contribution in [3.8, 4) is 0 Å². The first kappa shape index (κ1) is 13.7. The monoisotopic (exact) mass is 256 g/mol. The van der Waals surface area contributed by atoms with Crippen molar-refractivity contribution in [2.75, 3.05) is 0 Å². The van der Waals surface area contributed by atoms with Gasteiger partial charge in [-0.15, -0.1) is 0 Å². The van der Waals surface area contributed by atoms with E-state index < -0.39 is 6.10 Å². The average molecular weight is 256 g/mol. The Balaban J connectivity index is 2.44. The van der Waals surface area contributed by atoms with E-state index in [0.29, 0.717) is 0 Å². The first-order valence-electron chi connectivity index (χ1n) is 6.50. The quantitative estimate of drug-likeness (QED) is 0.917. The molecule has 0 amide bonds. The smallest absolute Gasteiger partial charge is 0.138 e. The van der Waals surface area contributed by atoms with Crippen molar-refractivity contribution in [1.82, 2.24) is 9.97 Å². The average Bonchev–Trinajstić information content (AvgIpc) is 2.39. The van der Waals surface area contributed by atoms with Gasteiger partial charge in [0, 0.05) is 22.9 Å². The van der Waals surface area contributed by atoms with Crippen molar-refractivity contribution >= 4 is 0 Å². The molecule has 0 aliphatic heterocycles. The van der Waals surface area contributed by atoms with Crippen LogP contribution in [-0.4, -0.2) is 15.1 Å². The molecule has 100 valence electrons. The van der Waals surface area contributed by atoms with E-state index in [4.69, 9.17) is 0 Å². The number of hydrogen-bond acceptors (Lipinski definition) is 3. The lowest BCUT2D eigenvalue weighted by Crippen LogP contribution is -2.23. The van der Waals surface area contributed by atoms with E-state index in [1.165, 1.54) is 5.56 Å². The second-order valence-electron chi connectivity index (χ2n) is 5.40. The maximum Gasteiger partial charge on any atom is 0.138 e. The van der Waals surface area contributed by atoms with Gasteiger partial charge in [-0.2, -0.15) is 0 Å². The molecule has 1 atom stereocenters. The number of benzene rings is 1. The Labute approximate surface area is 114 Å². The predicted molar refractivity (Wildman–Crippen MR) is 76.0 cm³/mol. The summed E-state index contributed by atoms with van der Waals surface area (Å²) in [5.41, 5.74) is 2.55. The summed E-state index contributed by atoms with van der Waals surface area (Å²) >= 11 is 0. The Morgan fingerprint density at radius 1 is 1.16 bits per heavy atom. The van der Waals surface area contributed by atoms with Gasteiger partial charge in [0.15, 0.2) is 0 Å². The van der Waals surface area contributed by atoms with Crippen molar-refractivity contribution in [2.24, 2.45) is 0 Å². The highest BCUT2D eigenvalue weighted by Crippen LogP contribution is 2.29. The summed E-state index contributed by atoms with van der Waals surface area (Å²) in [7, 11) is 0. The van der Waals surface area contributed by atoms with Crippen LogP contribution < -0.4 is 0 Å². The molecule has 1 unspecified atom stereocenters. The molecule has 0 aliphatic rings. The topological polar surface area (TPSA) is 46.0 Å². The van der Waals surface area contributed by atoms with Crippen LogP contribution in [0.25, 0.3) is 0 Å². The molecule has 2 rings (SSSR count). The van der Waals surface area contributed by atoms with Gasteiger partial charge in [0.1, 0.15) is 5.82 Å². The molecule has 3 nitrogen and oxygen atoms in total. The molecule has 3 heteroatoms. The zero-order valence-corrected chi connectivity index (χ0v) is 11.9. The van der Waals surface area contributed by atoms with Crippen molar-refractivity contribution in [3.63, 3.8) is 0 Å². The third kappa shape index (κ3) is 2.66. The number of aryl methyl sites for hydroxylation is 1. The fourth-order valence-electron chi connectivity index (χ4n) is 2.17. The molecule has 0 aliphatic carbocycles. The molecule has 19 heavy (non-hydrogen) atoms. The Morgan fingerprint density at radius 3 is 2.32 bits per heavy atom. The van der Waals surface area contributed by atoms with Crippen molar-refractivity contribution in [3.05, 3.63) is 59.2 Å². The highest BCUT2D eigenvalue weighted by Gasteiger charge is 2.26. The molecule has 2 aromatic rings. The van der Waals surface area contributed by atoms with Gasteiger partial charge < -0.3 is 5.11 Å². The summed E-state index contributed by atoms with van der Waals surface area (Å²) < 4.78 is 0. The van der Waals surface area contributed by atoms with Crippen molar-refractivity contribution in [1.29, 1.82) is 0 Å². The van der Waals surface area contributed by atoms with Crippen LogP contribution in [0.4, 0.5) is 0 Å². The maximum atomic E-state index is 9.64. The van der Waals surface area contributed by atoms with Gasteiger partial charge in [-0.3, -0.25) is 0 Å². The van der Waals surface area contributed by atoms with E-state index >= 15 is 0 Å². The van der Waals surface area contributed by atoms with E-state index in [0.717, 1.165) is 17.1 Å². The first-order valence-corrected chi connectivity index (χ1v) is 6.50. The zero-order chi connectivity index (χ0) is 14.0. The lowest BCUT2D eigenvalue weighted by atomic mass is 9.83. The van der Waals surface area contributed by atoms with E-state index in [9.17, 15) is 5.11 Å². The SMILES string of the molecule is Cc1nc(C(C)(C)c2ccccc2)ncc1C(C)O. The fourth-order valence-corrected chi connectivity index (χ4v) is 2.17. The van der Waals surface area contributed by atoms with Gasteiger partial charge in [0.25, 0.3) is 0 Å². The molecule has 0 radical (unpaired) electrons. The second-order valence-corrected chi connectivity index (χ2v) is 5.40. The van der Waals surface area contributed by atoms with Crippen molar-refractivity contribution in [2.45, 2.75) is 39.2 Å². The van der Waals surface area contributed by atoms with E-state index in [2.05, 4.69) is 35.9 Å². The summed E-state index contributed by atoms with van der Waals surface area (Å²) in [6, 6.07) is 10.2. The lowest BCUT2D eigenvalue weighted by molar-refractivity contribution is 0.197. The second kappa shape index (κ2) is 5.10. The number of aliphatic hydroxyl groups is 1. The van der Waals surface area contributed by atoms with Gasteiger partial charge in [0.2, 0.25) is 0 Å².